The molecule has 8 heteroatoms. The van der Waals surface area contributed by atoms with Crippen LogP contribution in [0.4, 0.5) is 11.4 Å². The Labute approximate surface area is 145 Å². The van der Waals surface area contributed by atoms with Gasteiger partial charge in [0.1, 0.15) is 5.75 Å². The molecule has 6 nitrogen and oxygen atoms in total. The van der Waals surface area contributed by atoms with Crippen LogP contribution >= 0.6 is 11.6 Å². The molecular weight excluding hydrogens is 352 g/mol. The number of methoxy groups -OCH3 is 1. The van der Waals surface area contributed by atoms with Crippen molar-refractivity contribution in [3.05, 3.63) is 47.0 Å². The van der Waals surface area contributed by atoms with Crippen molar-refractivity contribution in [3.8, 4) is 5.75 Å². The van der Waals surface area contributed by atoms with Gasteiger partial charge >= 0.3 is 0 Å². The second kappa shape index (κ2) is 7.11. The lowest BCUT2D eigenvalue weighted by Crippen LogP contribution is -2.15. The third-order valence-electron chi connectivity index (χ3n) is 3.27. The van der Waals surface area contributed by atoms with Crippen LogP contribution in [0.25, 0.3) is 0 Å². The van der Waals surface area contributed by atoms with E-state index in [1.54, 1.807) is 31.2 Å². The molecule has 0 fully saturated rings. The van der Waals surface area contributed by atoms with Gasteiger partial charge in [-0.05, 0) is 42.8 Å². The predicted molar refractivity (Wildman–Crippen MR) is 94.3 cm³/mol. The molecule has 24 heavy (non-hydrogen) atoms. The summed E-state index contributed by atoms with van der Waals surface area (Å²) in [5, 5.41) is 2.96. The number of nitrogens with one attached hydrogen (secondary N) is 2. The van der Waals surface area contributed by atoms with Gasteiger partial charge in [0.15, 0.2) is 0 Å². The summed E-state index contributed by atoms with van der Waals surface area (Å²) >= 11 is 5.99. The van der Waals surface area contributed by atoms with Gasteiger partial charge in [-0.3, -0.25) is 9.52 Å². The Morgan fingerprint density at radius 1 is 1.21 bits per heavy atom. The molecular formula is C16H17ClN2O4S. The fourth-order valence-electron chi connectivity index (χ4n) is 2.15. The van der Waals surface area contributed by atoms with Crippen LogP contribution in [0.5, 0.6) is 5.75 Å². The maximum Gasteiger partial charge on any atom is 0.262 e. The fraction of sp³-hybridized carbons (Fsp3) is 0.188. The summed E-state index contributed by atoms with van der Waals surface area (Å²) in [5.74, 6) is 0.131. The molecule has 0 unspecified atom stereocenters. The molecule has 0 bridgehead atoms. The molecule has 128 valence electrons. The molecule has 2 aromatic rings. The Morgan fingerprint density at radius 2 is 1.92 bits per heavy atom. The van der Waals surface area contributed by atoms with E-state index < -0.39 is 10.0 Å². The van der Waals surface area contributed by atoms with E-state index in [-0.39, 0.29) is 10.8 Å². The van der Waals surface area contributed by atoms with Gasteiger partial charge in [-0.2, -0.15) is 0 Å². The molecule has 0 saturated heterocycles. The summed E-state index contributed by atoms with van der Waals surface area (Å²) < 4.78 is 32.8. The highest BCUT2D eigenvalue weighted by atomic mass is 35.5. The molecule has 2 N–H and O–H groups in total. The highest BCUT2D eigenvalue weighted by molar-refractivity contribution is 7.92. The summed E-state index contributed by atoms with van der Waals surface area (Å²) in [5.41, 5.74) is 1.12. The topological polar surface area (TPSA) is 84.5 Å². The number of anilines is 2. The van der Waals surface area contributed by atoms with E-state index in [4.69, 9.17) is 16.3 Å². The summed E-state index contributed by atoms with van der Waals surface area (Å²) in [6.45, 7) is 2.99. The minimum absolute atomic E-state index is 0.0897. The fourth-order valence-corrected chi connectivity index (χ4v) is 3.70. The first-order chi connectivity index (χ1) is 11.2. The van der Waals surface area contributed by atoms with Crippen LogP contribution in [-0.4, -0.2) is 21.4 Å². The van der Waals surface area contributed by atoms with Gasteiger partial charge in [-0.25, -0.2) is 8.42 Å². The lowest BCUT2D eigenvalue weighted by molar-refractivity contribution is -0.114. The third-order valence-corrected chi connectivity index (χ3v) is 5.21. The average molecular weight is 369 g/mol. The Bertz CT molecular complexity index is 882. The van der Waals surface area contributed by atoms with Crippen molar-refractivity contribution in [2.45, 2.75) is 18.7 Å². The van der Waals surface area contributed by atoms with Gasteiger partial charge in [0.25, 0.3) is 10.0 Å². The van der Waals surface area contributed by atoms with Crippen LogP contribution in [0, 0.1) is 6.92 Å². The van der Waals surface area contributed by atoms with Gasteiger partial charge in [-0.1, -0.05) is 17.7 Å². The van der Waals surface area contributed by atoms with E-state index in [2.05, 4.69) is 10.0 Å². The summed E-state index contributed by atoms with van der Waals surface area (Å²) in [7, 11) is -2.36. The molecule has 0 aliphatic heterocycles. The maximum absolute atomic E-state index is 12.6. The lowest BCUT2D eigenvalue weighted by Gasteiger charge is -2.14. The van der Waals surface area contributed by atoms with Crippen molar-refractivity contribution < 1.29 is 17.9 Å². The number of ether oxygens (including phenoxy) is 1. The lowest BCUT2D eigenvalue weighted by atomic mass is 10.2. The van der Waals surface area contributed by atoms with Crippen molar-refractivity contribution in [3.63, 3.8) is 0 Å². The van der Waals surface area contributed by atoms with Gasteiger partial charge in [0, 0.05) is 11.9 Å². The van der Waals surface area contributed by atoms with Crippen molar-refractivity contribution in [2.24, 2.45) is 0 Å². The van der Waals surface area contributed by atoms with Crippen molar-refractivity contribution in [2.75, 3.05) is 17.1 Å². The summed E-state index contributed by atoms with van der Waals surface area (Å²) in [6, 6.07) is 9.26. The Morgan fingerprint density at radius 3 is 2.54 bits per heavy atom. The number of amides is 1. The molecule has 0 atom stereocenters. The van der Waals surface area contributed by atoms with E-state index >= 15 is 0 Å². The molecule has 2 rings (SSSR count). The Kier molecular flexibility index (Phi) is 5.36. The van der Waals surface area contributed by atoms with E-state index in [0.29, 0.717) is 27.7 Å². The minimum atomic E-state index is -3.82. The van der Waals surface area contributed by atoms with Crippen LogP contribution in [0.3, 0.4) is 0 Å². The van der Waals surface area contributed by atoms with E-state index in [9.17, 15) is 13.2 Å². The molecule has 1 amide bonds. The van der Waals surface area contributed by atoms with Gasteiger partial charge in [0.2, 0.25) is 5.91 Å². The number of hydrogen-bond donors (Lipinski definition) is 2. The smallest absolute Gasteiger partial charge is 0.262 e. The van der Waals surface area contributed by atoms with E-state index in [0.717, 1.165) is 0 Å². The van der Waals surface area contributed by atoms with Gasteiger partial charge in [-0.15, -0.1) is 0 Å². The average Bonchev–Trinajstić information content (AvgIpc) is 2.49. The molecule has 0 spiro atoms. The first-order valence-corrected chi connectivity index (χ1v) is 8.84. The van der Waals surface area contributed by atoms with Crippen LogP contribution in [0.2, 0.25) is 5.02 Å². The SMILES string of the molecule is COc1ccc(NS(=O)(=O)c2cccc(Cl)c2C)cc1NC(C)=O. The second-order valence-electron chi connectivity index (χ2n) is 5.06. The van der Waals surface area contributed by atoms with Crippen molar-refractivity contribution in [1.82, 2.24) is 0 Å². The first-order valence-electron chi connectivity index (χ1n) is 6.98. The second-order valence-corrected chi connectivity index (χ2v) is 7.12. The van der Waals surface area contributed by atoms with Crippen LogP contribution in [0.15, 0.2) is 41.3 Å². The standard InChI is InChI=1S/C16H17ClN2O4S/c1-10-13(17)5-4-6-16(10)24(21,22)19-12-7-8-15(23-3)14(9-12)18-11(2)20/h4-9,19H,1-3H3,(H,18,20). The predicted octanol–water partition coefficient (Wildman–Crippen LogP) is 3.42. The van der Waals surface area contributed by atoms with Gasteiger partial charge in [0.05, 0.1) is 23.4 Å². The van der Waals surface area contributed by atoms with Crippen LogP contribution in [-0.2, 0) is 14.8 Å². The zero-order chi connectivity index (χ0) is 17.9. The number of benzene rings is 2. The number of carbonyl (C=O) groups is 1. The molecule has 0 heterocycles. The number of halogens is 1. The normalized spacial score (nSPS) is 11.0. The monoisotopic (exact) mass is 368 g/mol. The zero-order valence-electron chi connectivity index (χ0n) is 13.4. The zero-order valence-corrected chi connectivity index (χ0v) is 15.0. The molecule has 2 aromatic carbocycles. The summed E-state index contributed by atoms with van der Waals surface area (Å²) in [4.78, 5) is 11.4. The van der Waals surface area contributed by atoms with E-state index in [1.165, 1.54) is 26.2 Å². The Hall–Kier alpha value is -2.25. The molecule has 0 aliphatic rings. The Balaban J connectivity index is 2.39. The van der Waals surface area contributed by atoms with Crippen molar-refractivity contribution in [1.29, 1.82) is 0 Å². The number of carbonyl (C=O) groups excluding carboxylic acids is 1. The van der Waals surface area contributed by atoms with E-state index in [1.807, 2.05) is 0 Å². The molecule has 0 aliphatic carbocycles. The largest absolute Gasteiger partial charge is 0.495 e. The van der Waals surface area contributed by atoms with Crippen LogP contribution in [0.1, 0.15) is 12.5 Å². The highest BCUT2D eigenvalue weighted by Gasteiger charge is 2.19. The number of hydrogen-bond acceptors (Lipinski definition) is 4. The first kappa shape index (κ1) is 18.1. The van der Waals surface area contributed by atoms with Gasteiger partial charge < -0.3 is 10.1 Å². The molecule has 0 radical (unpaired) electrons. The number of rotatable bonds is 5. The summed E-state index contributed by atoms with van der Waals surface area (Å²) in [6.07, 6.45) is 0. The quantitative estimate of drug-likeness (QED) is 0.846. The third kappa shape index (κ3) is 3.98. The molecule has 0 saturated carbocycles. The highest BCUT2D eigenvalue weighted by Crippen LogP contribution is 2.30. The van der Waals surface area contributed by atoms with Crippen LogP contribution < -0.4 is 14.8 Å². The van der Waals surface area contributed by atoms with Crippen molar-refractivity contribution >= 4 is 38.9 Å². The maximum atomic E-state index is 12.6. The molecule has 0 aromatic heterocycles. The number of sulfonamides is 1. The minimum Gasteiger partial charge on any atom is -0.495 e.